The van der Waals surface area contributed by atoms with Gasteiger partial charge in [-0.2, -0.15) is 0 Å². The number of nitrogens with one attached hydrogen (secondary N) is 1. The molecule has 1 aliphatic heterocycles. The van der Waals surface area contributed by atoms with E-state index in [-0.39, 0.29) is 5.91 Å². The van der Waals surface area contributed by atoms with Crippen LogP contribution < -0.4 is 5.32 Å². The molecule has 0 saturated carbocycles. The summed E-state index contributed by atoms with van der Waals surface area (Å²) in [5, 5.41) is 3.36. The van der Waals surface area contributed by atoms with Crippen molar-refractivity contribution in [2.45, 2.75) is 51.5 Å². The summed E-state index contributed by atoms with van der Waals surface area (Å²) in [6.45, 7) is 3.89. The summed E-state index contributed by atoms with van der Waals surface area (Å²) in [5.74, 6) is 0.931. The second-order valence-corrected chi connectivity index (χ2v) is 7.00. The maximum atomic E-state index is 12.9. The van der Waals surface area contributed by atoms with E-state index >= 15 is 0 Å². The fourth-order valence-electron chi connectivity index (χ4n) is 3.67. The van der Waals surface area contributed by atoms with E-state index in [1.807, 2.05) is 18.2 Å². The number of aryl methyl sites for hydroxylation is 1. The first-order valence-electron chi connectivity index (χ1n) is 9.82. The SMILES string of the molecule is CCC1CCCCN1C(=O)c1ccnc(NCCCc2ccccc2)c1. The summed E-state index contributed by atoms with van der Waals surface area (Å²) in [7, 11) is 0. The molecule has 1 N–H and O–H groups in total. The van der Waals surface area contributed by atoms with Gasteiger partial charge in [0.1, 0.15) is 5.82 Å². The minimum atomic E-state index is 0.145. The molecule has 138 valence electrons. The molecule has 4 nitrogen and oxygen atoms in total. The Kier molecular flexibility index (Phi) is 6.64. The molecule has 2 aromatic rings. The fourth-order valence-corrected chi connectivity index (χ4v) is 3.67. The number of pyridine rings is 1. The highest BCUT2D eigenvalue weighted by atomic mass is 16.2. The first-order chi connectivity index (χ1) is 12.8. The minimum absolute atomic E-state index is 0.145. The molecule has 0 spiro atoms. The molecule has 4 heteroatoms. The number of amides is 1. The third-order valence-electron chi connectivity index (χ3n) is 5.16. The van der Waals surface area contributed by atoms with Crippen LogP contribution in [0.4, 0.5) is 5.82 Å². The Morgan fingerprint density at radius 1 is 1.23 bits per heavy atom. The van der Waals surface area contributed by atoms with Gasteiger partial charge in [0.05, 0.1) is 0 Å². The Bertz CT molecular complexity index is 702. The van der Waals surface area contributed by atoms with Crippen LogP contribution in [0.15, 0.2) is 48.7 Å². The maximum absolute atomic E-state index is 12.9. The van der Waals surface area contributed by atoms with Gasteiger partial charge in [0.25, 0.3) is 5.91 Å². The highest BCUT2D eigenvalue weighted by molar-refractivity contribution is 5.95. The van der Waals surface area contributed by atoms with E-state index in [4.69, 9.17) is 0 Å². The number of nitrogens with zero attached hydrogens (tertiary/aromatic N) is 2. The number of piperidine rings is 1. The lowest BCUT2D eigenvalue weighted by Crippen LogP contribution is -2.43. The molecular formula is C22H29N3O. The third kappa shape index (κ3) is 4.84. The zero-order valence-corrected chi connectivity index (χ0v) is 15.7. The van der Waals surface area contributed by atoms with Crippen LogP contribution in [0.1, 0.15) is 54.9 Å². The quantitative estimate of drug-likeness (QED) is 0.745. The van der Waals surface area contributed by atoms with Crippen LogP contribution in [0, 0.1) is 0 Å². The number of hydrogen-bond donors (Lipinski definition) is 1. The average molecular weight is 351 g/mol. The van der Waals surface area contributed by atoms with E-state index in [0.717, 1.165) is 56.6 Å². The molecular weight excluding hydrogens is 322 g/mol. The Balaban J connectivity index is 1.54. The first-order valence-corrected chi connectivity index (χ1v) is 9.82. The first kappa shape index (κ1) is 18.4. The van der Waals surface area contributed by atoms with Crippen molar-refractivity contribution in [3.8, 4) is 0 Å². The van der Waals surface area contributed by atoms with Crippen LogP contribution in [0.25, 0.3) is 0 Å². The second-order valence-electron chi connectivity index (χ2n) is 7.00. The van der Waals surface area contributed by atoms with Crippen LogP contribution in [0.2, 0.25) is 0 Å². The molecule has 1 aromatic carbocycles. The number of aromatic nitrogens is 1. The molecule has 0 bridgehead atoms. The fraction of sp³-hybridized carbons (Fsp3) is 0.455. The number of carbonyl (C=O) groups is 1. The average Bonchev–Trinajstić information content (AvgIpc) is 2.71. The van der Waals surface area contributed by atoms with E-state index < -0.39 is 0 Å². The van der Waals surface area contributed by atoms with E-state index in [2.05, 4.69) is 46.4 Å². The molecule has 26 heavy (non-hydrogen) atoms. The van der Waals surface area contributed by atoms with Gasteiger partial charge in [0.2, 0.25) is 0 Å². The molecule has 1 amide bonds. The second kappa shape index (κ2) is 9.37. The zero-order chi connectivity index (χ0) is 18.2. The Morgan fingerprint density at radius 2 is 2.08 bits per heavy atom. The smallest absolute Gasteiger partial charge is 0.254 e. The number of rotatable bonds is 7. The number of carbonyl (C=O) groups excluding carboxylic acids is 1. The van der Waals surface area contributed by atoms with Gasteiger partial charge in [-0.3, -0.25) is 4.79 Å². The standard InChI is InChI=1S/C22H29N3O/c1-2-20-12-6-7-16-25(20)22(26)19-13-15-24-21(17-19)23-14-8-11-18-9-4-3-5-10-18/h3-5,9-10,13,15,17,20H,2,6-8,11-12,14,16H2,1H3,(H,23,24). The monoisotopic (exact) mass is 351 g/mol. The normalized spacial score (nSPS) is 17.1. The van der Waals surface area contributed by atoms with Gasteiger partial charge in [-0.1, -0.05) is 37.3 Å². The zero-order valence-electron chi connectivity index (χ0n) is 15.7. The summed E-state index contributed by atoms with van der Waals surface area (Å²) >= 11 is 0. The summed E-state index contributed by atoms with van der Waals surface area (Å²) in [6.07, 6.45) is 8.30. The minimum Gasteiger partial charge on any atom is -0.370 e. The summed E-state index contributed by atoms with van der Waals surface area (Å²) in [5.41, 5.74) is 2.09. The van der Waals surface area contributed by atoms with Crippen molar-refractivity contribution in [3.63, 3.8) is 0 Å². The molecule has 1 aromatic heterocycles. The summed E-state index contributed by atoms with van der Waals surface area (Å²) in [6, 6.07) is 14.6. The number of likely N-dealkylation sites (tertiary alicyclic amines) is 1. The Hall–Kier alpha value is -2.36. The molecule has 1 saturated heterocycles. The molecule has 1 unspecified atom stereocenters. The van der Waals surface area contributed by atoms with Gasteiger partial charge in [-0.15, -0.1) is 0 Å². The summed E-state index contributed by atoms with van der Waals surface area (Å²) < 4.78 is 0. The topological polar surface area (TPSA) is 45.2 Å². The molecule has 1 fully saturated rings. The van der Waals surface area contributed by atoms with Crippen molar-refractivity contribution in [2.75, 3.05) is 18.4 Å². The van der Waals surface area contributed by atoms with Gasteiger partial charge in [-0.05, 0) is 56.2 Å². The molecule has 2 heterocycles. The van der Waals surface area contributed by atoms with Crippen molar-refractivity contribution in [1.29, 1.82) is 0 Å². The molecule has 1 aliphatic rings. The van der Waals surface area contributed by atoms with Crippen LogP contribution >= 0.6 is 0 Å². The predicted molar refractivity (Wildman–Crippen MR) is 106 cm³/mol. The molecule has 1 atom stereocenters. The lowest BCUT2D eigenvalue weighted by Gasteiger charge is -2.35. The highest BCUT2D eigenvalue weighted by Crippen LogP contribution is 2.22. The molecule has 3 rings (SSSR count). The van der Waals surface area contributed by atoms with Crippen LogP contribution in [-0.2, 0) is 6.42 Å². The molecule has 0 radical (unpaired) electrons. The van der Waals surface area contributed by atoms with Crippen LogP contribution in [0.5, 0.6) is 0 Å². The highest BCUT2D eigenvalue weighted by Gasteiger charge is 2.26. The Morgan fingerprint density at radius 3 is 2.88 bits per heavy atom. The maximum Gasteiger partial charge on any atom is 0.254 e. The number of anilines is 1. The van der Waals surface area contributed by atoms with Crippen molar-refractivity contribution in [3.05, 3.63) is 59.8 Å². The van der Waals surface area contributed by atoms with Gasteiger partial charge in [-0.25, -0.2) is 4.98 Å². The van der Waals surface area contributed by atoms with E-state index in [0.29, 0.717) is 6.04 Å². The number of hydrogen-bond acceptors (Lipinski definition) is 3. The van der Waals surface area contributed by atoms with Gasteiger partial charge < -0.3 is 10.2 Å². The molecule has 0 aliphatic carbocycles. The largest absolute Gasteiger partial charge is 0.370 e. The lowest BCUT2D eigenvalue weighted by atomic mass is 9.99. The van der Waals surface area contributed by atoms with E-state index in [9.17, 15) is 4.79 Å². The summed E-state index contributed by atoms with van der Waals surface area (Å²) in [4.78, 5) is 19.3. The van der Waals surface area contributed by atoms with Crippen molar-refractivity contribution in [1.82, 2.24) is 9.88 Å². The van der Waals surface area contributed by atoms with Crippen molar-refractivity contribution >= 4 is 11.7 Å². The predicted octanol–water partition coefficient (Wildman–Crippen LogP) is 4.53. The third-order valence-corrected chi connectivity index (χ3v) is 5.16. The van der Waals surface area contributed by atoms with Crippen LogP contribution in [-0.4, -0.2) is 34.9 Å². The van der Waals surface area contributed by atoms with E-state index in [1.54, 1.807) is 6.20 Å². The van der Waals surface area contributed by atoms with Gasteiger partial charge >= 0.3 is 0 Å². The van der Waals surface area contributed by atoms with Crippen molar-refractivity contribution in [2.24, 2.45) is 0 Å². The van der Waals surface area contributed by atoms with E-state index in [1.165, 1.54) is 12.0 Å². The Labute approximate surface area is 156 Å². The number of benzene rings is 1. The van der Waals surface area contributed by atoms with Crippen LogP contribution in [0.3, 0.4) is 0 Å². The van der Waals surface area contributed by atoms with Gasteiger partial charge in [0.15, 0.2) is 0 Å². The van der Waals surface area contributed by atoms with Crippen molar-refractivity contribution < 1.29 is 4.79 Å². The van der Waals surface area contributed by atoms with Gasteiger partial charge in [0, 0.05) is 30.9 Å². The lowest BCUT2D eigenvalue weighted by molar-refractivity contribution is 0.0608.